The van der Waals surface area contributed by atoms with E-state index in [4.69, 9.17) is 4.98 Å². The minimum atomic E-state index is -1.05. The van der Waals surface area contributed by atoms with Gasteiger partial charge in [-0.15, -0.1) is 0 Å². The number of nitrogens with zero attached hydrogens (tertiary/aromatic N) is 3. The number of halogens is 2. The first kappa shape index (κ1) is 29.6. The average molecular weight is 552 g/mol. The number of aliphatic hydroxyl groups excluding tert-OH is 1. The topological polar surface area (TPSA) is 90.4 Å². The van der Waals surface area contributed by atoms with Crippen LogP contribution in [0.2, 0.25) is 0 Å². The summed E-state index contributed by atoms with van der Waals surface area (Å²) < 4.78 is 27.7. The summed E-state index contributed by atoms with van der Waals surface area (Å²) in [5.41, 5.74) is 3.29. The Balaban J connectivity index is 1.64. The molecule has 0 saturated carbocycles. The molecule has 3 N–H and O–H groups in total. The molecule has 2 atom stereocenters. The van der Waals surface area contributed by atoms with Gasteiger partial charge in [0.05, 0.1) is 17.8 Å². The smallest absolute Gasteiger partial charge is 0.226 e. The van der Waals surface area contributed by atoms with Gasteiger partial charge >= 0.3 is 0 Å². The SMILES string of the molecule is CC(=O)NC(Cc1cc(F)cc(F)c1)C(O)CN(c1nccc(-c2cccc(C(C)(C)C)c2)n1)C1CCNCC1. The van der Waals surface area contributed by atoms with Crippen molar-refractivity contribution in [1.29, 1.82) is 0 Å². The number of carbonyl (C=O) groups is 1. The number of hydrogen-bond donors (Lipinski definition) is 3. The Morgan fingerprint density at radius 1 is 1.12 bits per heavy atom. The fourth-order valence-electron chi connectivity index (χ4n) is 5.16. The standard InChI is InChI=1S/C31H39F2N5O2/c1-20(39)36-28(16-21-14-24(32)18-25(33)15-21)29(40)19-38(26-8-11-34-12-9-26)30-35-13-10-27(37-30)22-6-5-7-23(17-22)31(2,3)4/h5-7,10,13-15,17-18,26,28-29,34,40H,8-9,11-12,16,19H2,1-4H3,(H,36,39). The predicted octanol–water partition coefficient (Wildman–Crippen LogP) is 4.39. The van der Waals surface area contributed by atoms with E-state index in [1.54, 1.807) is 6.20 Å². The van der Waals surface area contributed by atoms with Gasteiger partial charge in [-0.2, -0.15) is 0 Å². The fourth-order valence-corrected chi connectivity index (χ4v) is 5.16. The summed E-state index contributed by atoms with van der Waals surface area (Å²) in [7, 11) is 0. The third-order valence-corrected chi connectivity index (χ3v) is 7.29. The molecule has 214 valence electrons. The van der Waals surface area contributed by atoms with E-state index in [2.05, 4.69) is 48.5 Å². The van der Waals surface area contributed by atoms with Crippen molar-refractivity contribution >= 4 is 11.9 Å². The lowest BCUT2D eigenvalue weighted by Crippen LogP contribution is -2.53. The minimum Gasteiger partial charge on any atom is -0.389 e. The van der Waals surface area contributed by atoms with Gasteiger partial charge < -0.3 is 20.6 Å². The highest BCUT2D eigenvalue weighted by molar-refractivity contribution is 5.73. The normalized spacial score (nSPS) is 15.9. The van der Waals surface area contributed by atoms with Crippen molar-refractivity contribution in [3.8, 4) is 11.3 Å². The van der Waals surface area contributed by atoms with E-state index in [9.17, 15) is 18.7 Å². The lowest BCUT2D eigenvalue weighted by Gasteiger charge is -2.37. The van der Waals surface area contributed by atoms with Gasteiger partial charge in [-0.3, -0.25) is 4.79 Å². The van der Waals surface area contributed by atoms with Gasteiger partial charge in [0.15, 0.2) is 0 Å². The van der Waals surface area contributed by atoms with Crippen LogP contribution in [-0.4, -0.2) is 58.8 Å². The van der Waals surface area contributed by atoms with E-state index in [-0.39, 0.29) is 30.3 Å². The number of hydrogen-bond acceptors (Lipinski definition) is 6. The van der Waals surface area contributed by atoms with Gasteiger partial charge in [-0.1, -0.05) is 39.0 Å². The van der Waals surface area contributed by atoms with Crippen molar-refractivity contribution in [3.63, 3.8) is 0 Å². The minimum absolute atomic E-state index is 0.0135. The summed E-state index contributed by atoms with van der Waals surface area (Å²) in [5.74, 6) is -1.26. The molecule has 0 bridgehead atoms. The van der Waals surface area contributed by atoms with Crippen LogP contribution in [0.3, 0.4) is 0 Å². The van der Waals surface area contributed by atoms with Gasteiger partial charge in [0.25, 0.3) is 0 Å². The molecule has 3 aromatic rings. The molecule has 2 aromatic carbocycles. The molecular formula is C31H39F2N5O2. The Morgan fingerprint density at radius 3 is 2.48 bits per heavy atom. The Kier molecular flexibility index (Phi) is 9.48. The van der Waals surface area contributed by atoms with Crippen molar-refractivity contribution in [1.82, 2.24) is 20.6 Å². The molecular weight excluding hydrogens is 512 g/mol. The number of piperidine rings is 1. The number of nitrogens with one attached hydrogen (secondary N) is 2. The van der Waals surface area contributed by atoms with E-state index in [0.717, 1.165) is 43.3 Å². The summed E-state index contributed by atoms with van der Waals surface area (Å²) in [6.07, 6.45) is 2.40. The molecule has 0 spiro atoms. The van der Waals surface area contributed by atoms with Crippen LogP contribution in [0.1, 0.15) is 51.7 Å². The maximum absolute atomic E-state index is 13.9. The lowest BCUT2D eigenvalue weighted by atomic mass is 9.86. The van der Waals surface area contributed by atoms with Gasteiger partial charge in [0.1, 0.15) is 11.6 Å². The van der Waals surface area contributed by atoms with Crippen LogP contribution < -0.4 is 15.5 Å². The highest BCUT2D eigenvalue weighted by Crippen LogP contribution is 2.28. The first-order valence-electron chi connectivity index (χ1n) is 13.8. The van der Waals surface area contributed by atoms with Gasteiger partial charge in [0, 0.05) is 37.3 Å². The second kappa shape index (κ2) is 12.8. The molecule has 9 heteroatoms. The molecule has 7 nitrogen and oxygen atoms in total. The molecule has 40 heavy (non-hydrogen) atoms. The van der Waals surface area contributed by atoms with Crippen molar-refractivity contribution in [3.05, 3.63) is 77.5 Å². The number of aliphatic hydroxyl groups is 1. The van der Waals surface area contributed by atoms with E-state index < -0.39 is 23.8 Å². The van der Waals surface area contributed by atoms with Crippen LogP contribution in [0.4, 0.5) is 14.7 Å². The van der Waals surface area contributed by atoms with E-state index in [1.807, 2.05) is 23.1 Å². The van der Waals surface area contributed by atoms with Crippen LogP contribution in [0.5, 0.6) is 0 Å². The van der Waals surface area contributed by atoms with E-state index in [0.29, 0.717) is 11.5 Å². The second-order valence-electron chi connectivity index (χ2n) is 11.6. The Bertz CT molecular complexity index is 1290. The summed E-state index contributed by atoms with van der Waals surface area (Å²) in [6, 6.07) is 12.7. The highest BCUT2D eigenvalue weighted by Gasteiger charge is 2.30. The largest absolute Gasteiger partial charge is 0.389 e. The molecule has 1 fully saturated rings. The monoisotopic (exact) mass is 551 g/mol. The van der Waals surface area contributed by atoms with E-state index >= 15 is 0 Å². The molecule has 0 radical (unpaired) electrons. The maximum atomic E-state index is 13.9. The molecule has 0 aliphatic carbocycles. The van der Waals surface area contributed by atoms with Crippen molar-refractivity contribution in [2.45, 2.75) is 70.6 Å². The molecule has 2 heterocycles. The molecule has 1 saturated heterocycles. The first-order valence-corrected chi connectivity index (χ1v) is 13.8. The summed E-state index contributed by atoms with van der Waals surface area (Å²) in [5, 5.41) is 17.6. The fraction of sp³-hybridized carbons (Fsp3) is 0.452. The summed E-state index contributed by atoms with van der Waals surface area (Å²) >= 11 is 0. The third kappa shape index (κ3) is 7.82. The lowest BCUT2D eigenvalue weighted by molar-refractivity contribution is -0.120. The number of carbonyl (C=O) groups excluding carboxylic acids is 1. The molecule has 1 aliphatic rings. The first-order chi connectivity index (χ1) is 19.0. The van der Waals surface area contributed by atoms with Crippen LogP contribution in [0.15, 0.2) is 54.7 Å². The van der Waals surface area contributed by atoms with Crippen molar-refractivity contribution in [2.24, 2.45) is 0 Å². The number of anilines is 1. The molecule has 4 rings (SSSR count). The zero-order valence-electron chi connectivity index (χ0n) is 23.6. The van der Waals surface area contributed by atoms with Gasteiger partial charge in [-0.25, -0.2) is 18.7 Å². The Morgan fingerprint density at radius 2 is 1.82 bits per heavy atom. The van der Waals surface area contributed by atoms with Crippen LogP contribution in [0, 0.1) is 11.6 Å². The average Bonchev–Trinajstić information content (AvgIpc) is 2.90. The third-order valence-electron chi connectivity index (χ3n) is 7.29. The molecule has 1 amide bonds. The second-order valence-corrected chi connectivity index (χ2v) is 11.6. The van der Waals surface area contributed by atoms with Gasteiger partial charge in [-0.05, 0) is 73.2 Å². The molecule has 1 aromatic heterocycles. The van der Waals surface area contributed by atoms with Gasteiger partial charge in [0.2, 0.25) is 11.9 Å². The Hall–Kier alpha value is -3.43. The zero-order chi connectivity index (χ0) is 28.9. The predicted molar refractivity (Wildman–Crippen MR) is 153 cm³/mol. The zero-order valence-corrected chi connectivity index (χ0v) is 23.6. The summed E-state index contributed by atoms with van der Waals surface area (Å²) in [4.78, 5) is 23.5. The molecule has 1 aliphatic heterocycles. The van der Waals surface area contributed by atoms with E-state index in [1.165, 1.54) is 24.6 Å². The number of aromatic nitrogens is 2. The maximum Gasteiger partial charge on any atom is 0.226 e. The quantitative estimate of drug-likeness (QED) is 0.366. The number of benzene rings is 2. The highest BCUT2D eigenvalue weighted by atomic mass is 19.1. The number of rotatable bonds is 9. The van der Waals surface area contributed by atoms with Crippen LogP contribution >= 0.6 is 0 Å². The number of amides is 1. The van der Waals surface area contributed by atoms with Crippen molar-refractivity contribution in [2.75, 3.05) is 24.5 Å². The van der Waals surface area contributed by atoms with Crippen molar-refractivity contribution < 1.29 is 18.7 Å². The van der Waals surface area contributed by atoms with Crippen LogP contribution in [0.25, 0.3) is 11.3 Å². The summed E-state index contributed by atoms with van der Waals surface area (Å²) in [6.45, 7) is 9.64. The van der Waals surface area contributed by atoms with Crippen LogP contribution in [-0.2, 0) is 16.6 Å². The Labute approximate surface area is 235 Å². The molecule has 2 unspecified atom stereocenters.